The van der Waals surface area contributed by atoms with E-state index in [9.17, 15) is 5.48 Å². The summed E-state index contributed by atoms with van der Waals surface area (Å²) in [6, 6.07) is 48.0. The van der Waals surface area contributed by atoms with Crippen molar-refractivity contribution < 1.29 is 12.6 Å². The van der Waals surface area contributed by atoms with Crippen LogP contribution in [0.15, 0.2) is 192 Å². The minimum absolute atomic E-state index is 0.0177. The second-order valence-electron chi connectivity index (χ2n) is 15.1. The molecular formula is C54H37N3O. The summed E-state index contributed by atoms with van der Waals surface area (Å²) in [5.74, 6) is 0.676. The number of nitrogens with zero attached hydrogens (tertiary/aromatic N) is 3. The highest BCUT2D eigenvalue weighted by atomic mass is 16.3. The Morgan fingerprint density at radius 2 is 1.00 bits per heavy atom. The van der Waals surface area contributed by atoms with Gasteiger partial charge in [0.05, 0.1) is 8.22 Å². The predicted octanol–water partition coefficient (Wildman–Crippen LogP) is 14.1. The standard InChI is InChI=1S/C54H37N3O/c1-54(2)46-22-12-11-20-42(46)43-30-28-38(32-47(43)54)52-55-51(37-26-24-35(25-27-37)34-14-5-3-6-15-34)56-53(57-52)39-29-31-45-49(33-39)58-48-23-13-21-44(50(45)48)41-19-10-9-18-40(41)36-16-7-4-8-17-36/h3-33H,1-2H3/i13D,21D,23D,29D,31D,33D. The molecule has 4 heteroatoms. The highest BCUT2D eigenvalue weighted by molar-refractivity contribution is 6.14. The summed E-state index contributed by atoms with van der Waals surface area (Å²) < 4.78 is 62.4. The number of rotatable bonds is 6. The van der Waals surface area contributed by atoms with Crippen LogP contribution in [0.2, 0.25) is 0 Å². The van der Waals surface area contributed by atoms with Gasteiger partial charge in [0.25, 0.3) is 0 Å². The molecule has 0 atom stereocenters. The molecule has 0 bridgehead atoms. The van der Waals surface area contributed by atoms with E-state index in [0.717, 1.165) is 38.9 Å². The Labute approximate surface area is 345 Å². The molecule has 0 radical (unpaired) electrons. The van der Waals surface area contributed by atoms with Gasteiger partial charge in [-0.2, -0.15) is 0 Å². The van der Waals surface area contributed by atoms with Crippen molar-refractivity contribution in [2.45, 2.75) is 19.3 Å². The van der Waals surface area contributed by atoms with Crippen molar-refractivity contribution in [3.8, 4) is 78.7 Å². The van der Waals surface area contributed by atoms with Crippen LogP contribution in [0.4, 0.5) is 0 Å². The topological polar surface area (TPSA) is 51.8 Å². The van der Waals surface area contributed by atoms with Gasteiger partial charge in [0.2, 0.25) is 0 Å². The quantitative estimate of drug-likeness (QED) is 0.170. The summed E-state index contributed by atoms with van der Waals surface area (Å²) >= 11 is 0. The van der Waals surface area contributed by atoms with Gasteiger partial charge in [-0.1, -0.05) is 178 Å². The third kappa shape index (κ3) is 5.56. The highest BCUT2D eigenvalue weighted by Gasteiger charge is 2.35. The average molecular weight is 750 g/mol. The number of benzene rings is 8. The van der Waals surface area contributed by atoms with Crippen LogP contribution in [-0.2, 0) is 5.41 Å². The average Bonchev–Trinajstić information content (AvgIpc) is 3.84. The molecule has 1 aliphatic carbocycles. The first-order valence-electron chi connectivity index (χ1n) is 22.3. The summed E-state index contributed by atoms with van der Waals surface area (Å²) in [6.45, 7) is 4.41. The van der Waals surface area contributed by atoms with Crippen molar-refractivity contribution in [2.24, 2.45) is 0 Å². The Bertz CT molecular complexity index is 3530. The fraction of sp³-hybridized carbons (Fsp3) is 0.0556. The summed E-state index contributed by atoms with van der Waals surface area (Å²) in [5.41, 5.74) is 10.3. The first kappa shape index (κ1) is 28.0. The molecule has 4 nitrogen and oxygen atoms in total. The second-order valence-corrected chi connectivity index (χ2v) is 15.1. The van der Waals surface area contributed by atoms with E-state index in [2.05, 4.69) is 50.2 Å². The van der Waals surface area contributed by atoms with E-state index in [-0.39, 0.29) is 75.0 Å². The minimum Gasteiger partial charge on any atom is -0.456 e. The summed E-state index contributed by atoms with van der Waals surface area (Å²) in [5, 5.41) is 0.347. The molecule has 1 aliphatic rings. The molecule has 2 heterocycles. The van der Waals surface area contributed by atoms with Gasteiger partial charge in [-0.3, -0.25) is 0 Å². The number of hydrogen-bond acceptors (Lipinski definition) is 4. The van der Waals surface area contributed by atoms with Crippen LogP contribution in [0, 0.1) is 0 Å². The van der Waals surface area contributed by atoms with Crippen LogP contribution in [0.1, 0.15) is 33.2 Å². The fourth-order valence-corrected chi connectivity index (χ4v) is 8.36. The zero-order valence-electron chi connectivity index (χ0n) is 37.7. The molecule has 0 amide bonds. The van der Waals surface area contributed by atoms with E-state index in [1.165, 1.54) is 11.1 Å². The summed E-state index contributed by atoms with van der Waals surface area (Å²) in [4.78, 5) is 14.9. The first-order chi connectivity index (χ1) is 31.0. The van der Waals surface area contributed by atoms with Gasteiger partial charge >= 0.3 is 0 Å². The van der Waals surface area contributed by atoms with E-state index < -0.39 is 0 Å². The molecular weight excluding hydrogens is 707 g/mol. The third-order valence-electron chi connectivity index (χ3n) is 11.3. The predicted molar refractivity (Wildman–Crippen MR) is 237 cm³/mol. The van der Waals surface area contributed by atoms with Gasteiger partial charge < -0.3 is 4.42 Å². The van der Waals surface area contributed by atoms with Crippen molar-refractivity contribution in [1.82, 2.24) is 15.0 Å². The maximum Gasteiger partial charge on any atom is 0.164 e. The lowest BCUT2D eigenvalue weighted by Crippen LogP contribution is -2.15. The minimum atomic E-state index is -0.348. The Morgan fingerprint density at radius 3 is 1.76 bits per heavy atom. The molecule has 10 aromatic rings. The zero-order chi connectivity index (χ0) is 44.0. The number of hydrogen-bond donors (Lipinski definition) is 0. The molecule has 2 aromatic heterocycles. The molecule has 0 saturated carbocycles. The lowest BCUT2D eigenvalue weighted by atomic mass is 9.82. The van der Waals surface area contributed by atoms with Gasteiger partial charge in [-0.25, -0.2) is 15.0 Å². The molecule has 11 rings (SSSR count). The Kier molecular flexibility index (Phi) is 6.46. The van der Waals surface area contributed by atoms with Gasteiger partial charge in [0.15, 0.2) is 17.5 Å². The molecule has 0 fully saturated rings. The van der Waals surface area contributed by atoms with Gasteiger partial charge in [-0.05, 0) is 79.8 Å². The Hall–Kier alpha value is -7.43. The second kappa shape index (κ2) is 13.4. The van der Waals surface area contributed by atoms with Crippen LogP contribution in [0.25, 0.3) is 101 Å². The SMILES string of the molecule is [2H]c1c([2H])c(-c2ccccc2-c2ccccc2)c2c(oc3c([2H])c(-c4nc(-c5ccc(-c6ccccc6)cc5)nc(-c5ccc6c(c5)C(C)(C)c5ccccc5-6)n4)c([2H])c([2H])c32)c1[2H]. The first-order valence-corrected chi connectivity index (χ1v) is 19.3. The van der Waals surface area contributed by atoms with Crippen molar-refractivity contribution in [3.05, 3.63) is 199 Å². The molecule has 8 aromatic carbocycles. The molecule has 274 valence electrons. The van der Waals surface area contributed by atoms with E-state index >= 15 is 0 Å². The summed E-state index contributed by atoms with van der Waals surface area (Å²) in [7, 11) is 0. The van der Waals surface area contributed by atoms with Crippen LogP contribution >= 0.6 is 0 Å². The van der Waals surface area contributed by atoms with Crippen molar-refractivity contribution in [3.63, 3.8) is 0 Å². The highest BCUT2D eigenvalue weighted by Crippen LogP contribution is 2.49. The monoisotopic (exact) mass is 749 g/mol. The molecule has 0 N–H and O–H groups in total. The zero-order valence-corrected chi connectivity index (χ0v) is 31.7. The largest absolute Gasteiger partial charge is 0.456 e. The van der Waals surface area contributed by atoms with Gasteiger partial charge in [0.1, 0.15) is 11.2 Å². The van der Waals surface area contributed by atoms with Crippen LogP contribution in [0.5, 0.6) is 0 Å². The summed E-state index contributed by atoms with van der Waals surface area (Å²) in [6.07, 6.45) is 0. The van der Waals surface area contributed by atoms with Crippen LogP contribution < -0.4 is 0 Å². The fourth-order valence-electron chi connectivity index (χ4n) is 8.36. The molecule has 0 spiro atoms. The van der Waals surface area contributed by atoms with Crippen molar-refractivity contribution in [1.29, 1.82) is 0 Å². The number of fused-ring (bicyclic) bond motifs is 6. The molecule has 0 aliphatic heterocycles. The van der Waals surface area contributed by atoms with Crippen LogP contribution in [0.3, 0.4) is 0 Å². The van der Waals surface area contributed by atoms with E-state index in [1.807, 2.05) is 115 Å². The smallest absolute Gasteiger partial charge is 0.164 e. The maximum absolute atomic E-state index is 9.72. The van der Waals surface area contributed by atoms with E-state index in [0.29, 0.717) is 28.3 Å². The Morgan fingerprint density at radius 1 is 0.431 bits per heavy atom. The molecule has 0 saturated heterocycles. The molecule has 58 heavy (non-hydrogen) atoms. The molecule has 0 unspecified atom stereocenters. The van der Waals surface area contributed by atoms with Crippen molar-refractivity contribution in [2.75, 3.05) is 0 Å². The Balaban J connectivity index is 1.14. The number of aromatic nitrogens is 3. The normalized spacial score (nSPS) is 14.2. The van der Waals surface area contributed by atoms with E-state index in [1.54, 1.807) is 0 Å². The van der Waals surface area contributed by atoms with Crippen LogP contribution in [-0.4, -0.2) is 15.0 Å². The van der Waals surface area contributed by atoms with Gasteiger partial charge in [0, 0.05) is 32.9 Å². The maximum atomic E-state index is 9.72. The lowest BCUT2D eigenvalue weighted by molar-refractivity contribution is 0.660. The third-order valence-corrected chi connectivity index (χ3v) is 11.3. The number of furan rings is 1. The van der Waals surface area contributed by atoms with Gasteiger partial charge in [-0.15, -0.1) is 0 Å². The van der Waals surface area contributed by atoms with E-state index in [4.69, 9.17) is 22.1 Å². The lowest BCUT2D eigenvalue weighted by Gasteiger charge is -2.21. The van der Waals surface area contributed by atoms with Crippen molar-refractivity contribution >= 4 is 21.9 Å².